The highest BCUT2D eigenvalue weighted by molar-refractivity contribution is 5.94. The van der Waals surface area contributed by atoms with Crippen LogP contribution in [0.15, 0.2) is 18.2 Å². The topological polar surface area (TPSA) is 62.1 Å². The van der Waals surface area contributed by atoms with Gasteiger partial charge in [-0.05, 0) is 30.2 Å². The summed E-state index contributed by atoms with van der Waals surface area (Å²) in [6.07, 6.45) is 2.03. The molecule has 88 valence electrons. The number of carbonyl (C=O) groups excluding carboxylic acids is 1. The standard InChI is InChI=1S/C13H14N2O2/c14-6-1-2-7-15-13(16)11-3-4-12-10(9-11)5-8-17-12/h3-4,9H,1-2,5,7-8H2,(H,15,16). The lowest BCUT2D eigenvalue weighted by Gasteiger charge is -2.05. The van der Waals surface area contributed by atoms with Crippen molar-refractivity contribution >= 4 is 5.91 Å². The number of hydrogen-bond acceptors (Lipinski definition) is 3. The van der Waals surface area contributed by atoms with Crippen LogP contribution in [0.4, 0.5) is 0 Å². The van der Waals surface area contributed by atoms with E-state index in [1.807, 2.05) is 18.2 Å². The average molecular weight is 230 g/mol. The van der Waals surface area contributed by atoms with E-state index in [2.05, 4.69) is 5.32 Å². The molecule has 0 radical (unpaired) electrons. The predicted octanol–water partition coefficient (Wildman–Crippen LogP) is 1.66. The van der Waals surface area contributed by atoms with Crippen molar-refractivity contribution < 1.29 is 9.53 Å². The summed E-state index contributed by atoms with van der Waals surface area (Å²) in [5.74, 6) is 0.795. The maximum absolute atomic E-state index is 11.8. The Morgan fingerprint density at radius 3 is 3.24 bits per heavy atom. The molecule has 0 aliphatic carbocycles. The second kappa shape index (κ2) is 5.35. The van der Waals surface area contributed by atoms with Crippen molar-refractivity contribution in [3.8, 4) is 11.8 Å². The first-order valence-corrected chi connectivity index (χ1v) is 5.72. The first-order chi connectivity index (χ1) is 8.31. The number of rotatable bonds is 4. The van der Waals surface area contributed by atoms with Crippen LogP contribution in [-0.4, -0.2) is 19.1 Å². The molecule has 4 heteroatoms. The molecule has 0 fully saturated rings. The van der Waals surface area contributed by atoms with E-state index < -0.39 is 0 Å². The van der Waals surface area contributed by atoms with Crippen LogP contribution < -0.4 is 10.1 Å². The molecule has 1 aromatic rings. The SMILES string of the molecule is N#CCCCNC(=O)c1ccc2c(c1)CCO2. The zero-order chi connectivity index (χ0) is 12.1. The Morgan fingerprint density at radius 1 is 1.53 bits per heavy atom. The fraction of sp³-hybridized carbons (Fsp3) is 0.385. The Kier molecular flexibility index (Phi) is 3.61. The number of benzene rings is 1. The van der Waals surface area contributed by atoms with Crippen LogP contribution in [0.5, 0.6) is 5.75 Å². The molecule has 0 bridgehead atoms. The molecule has 17 heavy (non-hydrogen) atoms. The van der Waals surface area contributed by atoms with Crippen LogP contribution in [0.25, 0.3) is 0 Å². The lowest BCUT2D eigenvalue weighted by molar-refractivity contribution is 0.0953. The van der Waals surface area contributed by atoms with E-state index in [0.717, 1.165) is 17.7 Å². The summed E-state index contributed by atoms with van der Waals surface area (Å²) in [4.78, 5) is 11.8. The molecule has 1 aliphatic rings. The van der Waals surface area contributed by atoms with Gasteiger partial charge in [-0.2, -0.15) is 5.26 Å². The highest BCUT2D eigenvalue weighted by Crippen LogP contribution is 2.25. The number of carbonyl (C=O) groups is 1. The normalized spacial score (nSPS) is 12.4. The van der Waals surface area contributed by atoms with Crippen LogP contribution in [0.2, 0.25) is 0 Å². The monoisotopic (exact) mass is 230 g/mol. The van der Waals surface area contributed by atoms with Crippen molar-refractivity contribution in [1.82, 2.24) is 5.32 Å². The molecule has 0 unspecified atom stereocenters. The van der Waals surface area contributed by atoms with Gasteiger partial charge >= 0.3 is 0 Å². The van der Waals surface area contributed by atoms with Gasteiger partial charge in [0.2, 0.25) is 0 Å². The van der Waals surface area contributed by atoms with E-state index in [4.69, 9.17) is 10.00 Å². The smallest absolute Gasteiger partial charge is 0.251 e. The van der Waals surface area contributed by atoms with E-state index in [-0.39, 0.29) is 5.91 Å². The number of amides is 1. The zero-order valence-corrected chi connectivity index (χ0v) is 9.53. The van der Waals surface area contributed by atoms with Gasteiger partial charge in [-0.25, -0.2) is 0 Å². The van der Waals surface area contributed by atoms with Crippen molar-refractivity contribution in [3.63, 3.8) is 0 Å². The summed E-state index contributed by atoms with van der Waals surface area (Å²) < 4.78 is 5.38. The Labute approximate surface area is 100 Å². The average Bonchev–Trinajstić information content (AvgIpc) is 2.81. The first-order valence-electron chi connectivity index (χ1n) is 5.72. The maximum Gasteiger partial charge on any atom is 0.251 e. The van der Waals surface area contributed by atoms with Gasteiger partial charge in [-0.3, -0.25) is 4.79 Å². The molecule has 0 spiro atoms. The number of nitrogens with zero attached hydrogens (tertiary/aromatic N) is 1. The second-order valence-electron chi connectivity index (χ2n) is 3.94. The molecule has 1 aliphatic heterocycles. The van der Waals surface area contributed by atoms with Gasteiger partial charge in [-0.15, -0.1) is 0 Å². The number of fused-ring (bicyclic) bond motifs is 1. The van der Waals surface area contributed by atoms with Gasteiger partial charge < -0.3 is 10.1 Å². The molecular weight excluding hydrogens is 216 g/mol. The van der Waals surface area contributed by atoms with Crippen molar-refractivity contribution in [1.29, 1.82) is 5.26 Å². The molecule has 1 amide bonds. The third-order valence-corrected chi connectivity index (χ3v) is 2.70. The van der Waals surface area contributed by atoms with E-state index in [9.17, 15) is 4.79 Å². The molecule has 1 aromatic carbocycles. The number of nitrogens with one attached hydrogen (secondary N) is 1. The summed E-state index contributed by atoms with van der Waals surface area (Å²) in [7, 11) is 0. The van der Waals surface area contributed by atoms with Crippen LogP contribution in [-0.2, 0) is 6.42 Å². The molecular formula is C13H14N2O2. The minimum absolute atomic E-state index is 0.0855. The third kappa shape index (κ3) is 2.76. The summed E-state index contributed by atoms with van der Waals surface area (Å²) in [5, 5.41) is 11.2. The van der Waals surface area contributed by atoms with Crippen LogP contribution in [0, 0.1) is 11.3 Å². The molecule has 1 N–H and O–H groups in total. The van der Waals surface area contributed by atoms with Gasteiger partial charge in [-0.1, -0.05) is 0 Å². The van der Waals surface area contributed by atoms with Crippen molar-refractivity contribution in [2.45, 2.75) is 19.3 Å². The Bertz CT molecular complexity index is 463. The fourth-order valence-corrected chi connectivity index (χ4v) is 1.80. The summed E-state index contributed by atoms with van der Waals surface area (Å²) in [6, 6.07) is 7.53. The molecule has 0 atom stereocenters. The van der Waals surface area contributed by atoms with E-state index in [0.29, 0.717) is 31.6 Å². The minimum Gasteiger partial charge on any atom is -0.493 e. The molecule has 0 saturated heterocycles. The fourth-order valence-electron chi connectivity index (χ4n) is 1.80. The summed E-state index contributed by atoms with van der Waals surface area (Å²) in [5.41, 5.74) is 1.75. The Balaban J connectivity index is 1.93. The van der Waals surface area contributed by atoms with Gasteiger partial charge in [0.05, 0.1) is 12.7 Å². The molecule has 2 rings (SSSR count). The Morgan fingerprint density at radius 2 is 2.41 bits per heavy atom. The van der Waals surface area contributed by atoms with Gasteiger partial charge in [0.25, 0.3) is 5.91 Å². The number of hydrogen-bond donors (Lipinski definition) is 1. The molecule has 1 heterocycles. The molecule has 0 saturated carbocycles. The largest absolute Gasteiger partial charge is 0.493 e. The predicted molar refractivity (Wildman–Crippen MR) is 62.8 cm³/mol. The van der Waals surface area contributed by atoms with E-state index in [1.165, 1.54) is 0 Å². The maximum atomic E-state index is 11.8. The van der Waals surface area contributed by atoms with Crippen molar-refractivity contribution in [3.05, 3.63) is 29.3 Å². The minimum atomic E-state index is -0.0855. The van der Waals surface area contributed by atoms with Crippen molar-refractivity contribution in [2.24, 2.45) is 0 Å². The number of nitriles is 1. The quantitative estimate of drug-likeness (QED) is 0.800. The summed E-state index contributed by atoms with van der Waals surface area (Å²) in [6.45, 7) is 1.24. The van der Waals surface area contributed by atoms with Gasteiger partial charge in [0, 0.05) is 24.9 Å². The van der Waals surface area contributed by atoms with Gasteiger partial charge in [0.15, 0.2) is 0 Å². The lowest BCUT2D eigenvalue weighted by Crippen LogP contribution is -2.24. The third-order valence-electron chi connectivity index (χ3n) is 2.70. The highest BCUT2D eigenvalue weighted by Gasteiger charge is 2.14. The van der Waals surface area contributed by atoms with Crippen molar-refractivity contribution in [2.75, 3.05) is 13.2 Å². The van der Waals surface area contributed by atoms with Gasteiger partial charge in [0.1, 0.15) is 5.75 Å². The number of ether oxygens (including phenoxy) is 1. The first kappa shape index (κ1) is 11.5. The second-order valence-corrected chi connectivity index (χ2v) is 3.94. The molecule has 0 aromatic heterocycles. The van der Waals surface area contributed by atoms with E-state index in [1.54, 1.807) is 6.07 Å². The Hall–Kier alpha value is -2.02. The zero-order valence-electron chi connectivity index (χ0n) is 9.53. The van der Waals surface area contributed by atoms with Crippen LogP contribution in [0.1, 0.15) is 28.8 Å². The van der Waals surface area contributed by atoms with Crippen LogP contribution in [0.3, 0.4) is 0 Å². The van der Waals surface area contributed by atoms with E-state index >= 15 is 0 Å². The number of unbranched alkanes of at least 4 members (excludes halogenated alkanes) is 1. The summed E-state index contributed by atoms with van der Waals surface area (Å²) >= 11 is 0. The highest BCUT2D eigenvalue weighted by atomic mass is 16.5. The van der Waals surface area contributed by atoms with Crippen LogP contribution >= 0.6 is 0 Å². The lowest BCUT2D eigenvalue weighted by atomic mass is 10.1. The molecule has 4 nitrogen and oxygen atoms in total.